The van der Waals surface area contributed by atoms with Crippen LogP contribution in [0.25, 0.3) is 10.9 Å². The van der Waals surface area contributed by atoms with Crippen LogP contribution < -0.4 is 5.73 Å². The van der Waals surface area contributed by atoms with E-state index in [1.54, 1.807) is 11.0 Å². The summed E-state index contributed by atoms with van der Waals surface area (Å²) < 4.78 is 1.73. The van der Waals surface area contributed by atoms with E-state index in [2.05, 4.69) is 27.2 Å². The summed E-state index contributed by atoms with van der Waals surface area (Å²) in [6.45, 7) is 2.64. The maximum atomic E-state index is 5.52. The third-order valence-corrected chi connectivity index (χ3v) is 2.82. The zero-order valence-electron chi connectivity index (χ0n) is 10.0. The quantitative estimate of drug-likeness (QED) is 0.739. The number of anilines is 1. The zero-order valence-corrected chi connectivity index (χ0v) is 10.0. The van der Waals surface area contributed by atoms with Gasteiger partial charge in [0.15, 0.2) is 0 Å². The molecule has 90 valence electrons. The van der Waals surface area contributed by atoms with E-state index >= 15 is 0 Å². The van der Waals surface area contributed by atoms with Gasteiger partial charge in [0.25, 0.3) is 0 Å². The number of nitrogen functional groups attached to an aromatic ring is 1. The normalized spacial score (nSPS) is 10.9. The van der Waals surface area contributed by atoms with Crippen molar-refractivity contribution in [3.63, 3.8) is 0 Å². The second kappa shape index (κ2) is 4.10. The van der Waals surface area contributed by atoms with Crippen molar-refractivity contribution in [2.75, 3.05) is 5.73 Å². The van der Waals surface area contributed by atoms with Crippen LogP contribution in [0.15, 0.2) is 36.7 Å². The van der Waals surface area contributed by atoms with Gasteiger partial charge in [-0.15, -0.1) is 5.10 Å². The molecular weight excluding hydrogens is 226 g/mol. The highest BCUT2D eigenvalue weighted by molar-refractivity contribution is 5.82. The molecule has 0 atom stereocenters. The van der Waals surface area contributed by atoms with Crippen LogP contribution in [0.4, 0.5) is 5.95 Å². The minimum Gasteiger partial charge on any atom is -0.367 e. The van der Waals surface area contributed by atoms with Crippen LogP contribution in [0.1, 0.15) is 11.3 Å². The van der Waals surface area contributed by atoms with Crippen molar-refractivity contribution in [2.24, 2.45) is 0 Å². The number of para-hydroxylation sites is 1. The van der Waals surface area contributed by atoms with Gasteiger partial charge in [0.2, 0.25) is 5.95 Å². The van der Waals surface area contributed by atoms with Crippen molar-refractivity contribution < 1.29 is 0 Å². The van der Waals surface area contributed by atoms with Crippen molar-refractivity contribution in [2.45, 2.75) is 13.5 Å². The summed E-state index contributed by atoms with van der Waals surface area (Å²) in [5.41, 5.74) is 8.69. The SMILES string of the molecule is Cc1cc(Cn2cnc(N)n2)c2ccccc2n1. The lowest BCUT2D eigenvalue weighted by atomic mass is 10.1. The third kappa shape index (κ3) is 1.90. The number of benzene rings is 1. The summed E-state index contributed by atoms with van der Waals surface area (Å²) in [6.07, 6.45) is 1.64. The third-order valence-electron chi connectivity index (χ3n) is 2.82. The number of aromatic nitrogens is 4. The first-order valence-electron chi connectivity index (χ1n) is 5.72. The molecule has 2 heterocycles. The van der Waals surface area contributed by atoms with E-state index in [1.165, 1.54) is 5.56 Å². The standard InChI is InChI=1S/C13H13N5/c1-9-6-10(7-18-8-15-13(14)17-18)11-4-2-3-5-12(11)16-9/h2-6,8H,7H2,1H3,(H2,14,17). The molecule has 5 heteroatoms. The van der Waals surface area contributed by atoms with Gasteiger partial charge in [-0.25, -0.2) is 9.67 Å². The molecule has 0 unspecified atom stereocenters. The van der Waals surface area contributed by atoms with E-state index in [0.29, 0.717) is 12.5 Å². The molecule has 0 saturated carbocycles. The van der Waals surface area contributed by atoms with Gasteiger partial charge in [-0.3, -0.25) is 4.98 Å². The van der Waals surface area contributed by atoms with Crippen LogP contribution in [0.3, 0.4) is 0 Å². The van der Waals surface area contributed by atoms with Crippen molar-refractivity contribution >= 4 is 16.9 Å². The Balaban J connectivity index is 2.10. The monoisotopic (exact) mass is 239 g/mol. The molecule has 0 radical (unpaired) electrons. The Morgan fingerprint density at radius 1 is 1.28 bits per heavy atom. The van der Waals surface area contributed by atoms with E-state index < -0.39 is 0 Å². The minimum atomic E-state index is 0.296. The molecule has 0 bridgehead atoms. The predicted octanol–water partition coefficient (Wildman–Crippen LogP) is 1.77. The lowest BCUT2D eigenvalue weighted by molar-refractivity contribution is 0.690. The number of hydrogen-bond donors (Lipinski definition) is 1. The summed E-state index contributed by atoms with van der Waals surface area (Å²) in [5, 5.41) is 5.24. The van der Waals surface area contributed by atoms with Crippen molar-refractivity contribution in [3.05, 3.63) is 47.9 Å². The number of rotatable bonds is 2. The van der Waals surface area contributed by atoms with Gasteiger partial charge < -0.3 is 5.73 Å². The number of aryl methyl sites for hydroxylation is 1. The summed E-state index contributed by atoms with van der Waals surface area (Å²) in [4.78, 5) is 8.44. The van der Waals surface area contributed by atoms with Crippen molar-refractivity contribution in [1.82, 2.24) is 19.7 Å². The van der Waals surface area contributed by atoms with Gasteiger partial charge in [-0.1, -0.05) is 18.2 Å². The van der Waals surface area contributed by atoms with Gasteiger partial charge in [-0.2, -0.15) is 0 Å². The number of fused-ring (bicyclic) bond motifs is 1. The first-order valence-corrected chi connectivity index (χ1v) is 5.72. The predicted molar refractivity (Wildman–Crippen MR) is 70.0 cm³/mol. The Hall–Kier alpha value is -2.43. The molecule has 3 rings (SSSR count). The lowest BCUT2D eigenvalue weighted by Gasteiger charge is -2.07. The van der Waals surface area contributed by atoms with E-state index in [9.17, 15) is 0 Å². The molecule has 2 aromatic heterocycles. The molecule has 0 fully saturated rings. The Labute approximate surface area is 104 Å². The van der Waals surface area contributed by atoms with Crippen molar-refractivity contribution in [1.29, 1.82) is 0 Å². The minimum absolute atomic E-state index is 0.296. The van der Waals surface area contributed by atoms with Gasteiger partial charge in [0, 0.05) is 11.1 Å². The Morgan fingerprint density at radius 3 is 2.89 bits per heavy atom. The Morgan fingerprint density at radius 2 is 2.11 bits per heavy atom. The largest absolute Gasteiger partial charge is 0.367 e. The number of pyridine rings is 1. The lowest BCUT2D eigenvalue weighted by Crippen LogP contribution is -2.03. The molecule has 18 heavy (non-hydrogen) atoms. The molecule has 5 nitrogen and oxygen atoms in total. The molecule has 0 spiro atoms. The molecule has 0 amide bonds. The summed E-state index contributed by atoms with van der Waals surface area (Å²) in [5.74, 6) is 0.296. The molecule has 1 aromatic carbocycles. The van der Waals surface area contributed by atoms with Gasteiger partial charge in [-0.05, 0) is 24.6 Å². The second-order valence-corrected chi connectivity index (χ2v) is 4.24. The Bertz CT molecular complexity index is 701. The number of nitrogens with two attached hydrogens (primary N) is 1. The first kappa shape index (κ1) is 10.7. The summed E-state index contributed by atoms with van der Waals surface area (Å²) >= 11 is 0. The number of nitrogens with zero attached hydrogens (tertiary/aromatic N) is 4. The fourth-order valence-corrected chi connectivity index (χ4v) is 2.09. The van der Waals surface area contributed by atoms with E-state index in [0.717, 1.165) is 16.6 Å². The fourth-order valence-electron chi connectivity index (χ4n) is 2.09. The molecule has 2 N–H and O–H groups in total. The summed E-state index contributed by atoms with van der Waals surface area (Å²) in [6, 6.07) is 10.2. The van der Waals surface area contributed by atoms with Crippen LogP contribution >= 0.6 is 0 Å². The van der Waals surface area contributed by atoms with Crippen LogP contribution in [0, 0.1) is 6.92 Å². The molecule has 0 saturated heterocycles. The highest BCUT2D eigenvalue weighted by atomic mass is 15.4. The maximum absolute atomic E-state index is 5.52. The molecule has 0 aliphatic carbocycles. The van der Waals surface area contributed by atoms with Gasteiger partial charge in [0.05, 0.1) is 12.1 Å². The molecule has 0 aliphatic rings. The zero-order chi connectivity index (χ0) is 12.5. The molecular formula is C13H13N5. The highest BCUT2D eigenvalue weighted by Gasteiger charge is 2.05. The fraction of sp³-hybridized carbons (Fsp3) is 0.154. The average molecular weight is 239 g/mol. The Kier molecular flexibility index (Phi) is 2.44. The van der Waals surface area contributed by atoms with E-state index in [4.69, 9.17) is 5.73 Å². The van der Waals surface area contributed by atoms with Crippen LogP contribution in [-0.2, 0) is 6.54 Å². The molecule has 0 aliphatic heterocycles. The maximum Gasteiger partial charge on any atom is 0.239 e. The number of hydrogen-bond acceptors (Lipinski definition) is 4. The first-order chi connectivity index (χ1) is 8.72. The smallest absolute Gasteiger partial charge is 0.239 e. The van der Waals surface area contributed by atoms with Crippen LogP contribution in [0.2, 0.25) is 0 Å². The van der Waals surface area contributed by atoms with E-state index in [-0.39, 0.29) is 0 Å². The van der Waals surface area contributed by atoms with E-state index in [1.807, 2.05) is 25.1 Å². The average Bonchev–Trinajstić information content (AvgIpc) is 2.74. The van der Waals surface area contributed by atoms with Crippen LogP contribution in [-0.4, -0.2) is 19.7 Å². The molecule has 3 aromatic rings. The van der Waals surface area contributed by atoms with Gasteiger partial charge >= 0.3 is 0 Å². The second-order valence-electron chi connectivity index (χ2n) is 4.24. The van der Waals surface area contributed by atoms with Crippen molar-refractivity contribution in [3.8, 4) is 0 Å². The highest BCUT2D eigenvalue weighted by Crippen LogP contribution is 2.18. The summed E-state index contributed by atoms with van der Waals surface area (Å²) in [7, 11) is 0. The van der Waals surface area contributed by atoms with Gasteiger partial charge in [0.1, 0.15) is 6.33 Å². The van der Waals surface area contributed by atoms with Crippen LogP contribution in [0.5, 0.6) is 0 Å². The topological polar surface area (TPSA) is 69.6 Å².